The predicted molar refractivity (Wildman–Crippen MR) is 113 cm³/mol. The minimum atomic E-state index is -0.554. The monoisotopic (exact) mass is 417 g/mol. The second-order valence-corrected chi connectivity index (χ2v) is 6.74. The number of benzene rings is 2. The molecule has 0 saturated heterocycles. The molecule has 4 N–H and O–H groups in total. The van der Waals surface area contributed by atoms with Crippen molar-refractivity contribution in [2.24, 2.45) is 0 Å². The number of hydrogen-bond donors (Lipinski definition) is 3. The lowest BCUT2D eigenvalue weighted by molar-refractivity contribution is -0.111. The van der Waals surface area contributed by atoms with E-state index in [0.717, 1.165) is 0 Å². The third-order valence-corrected chi connectivity index (χ3v) is 4.40. The molecule has 0 aliphatic carbocycles. The minimum Gasteiger partial charge on any atom is -0.461 e. The molecule has 0 radical (unpaired) electrons. The predicted octanol–water partition coefficient (Wildman–Crippen LogP) is 4.89. The number of aromatic amines is 1. The summed E-state index contributed by atoms with van der Waals surface area (Å²) < 4.78 is 5.09. The van der Waals surface area contributed by atoms with Crippen LogP contribution in [0.5, 0.6) is 0 Å². The molecule has 6 nitrogen and oxygen atoms in total. The fourth-order valence-corrected chi connectivity index (χ4v) is 3.36. The van der Waals surface area contributed by atoms with Gasteiger partial charge in [-0.25, -0.2) is 4.79 Å². The average Bonchev–Trinajstić information content (AvgIpc) is 2.99. The van der Waals surface area contributed by atoms with Crippen molar-refractivity contribution in [1.82, 2.24) is 4.98 Å². The fourth-order valence-electron chi connectivity index (χ4n) is 2.76. The van der Waals surface area contributed by atoms with Gasteiger partial charge in [0.1, 0.15) is 5.69 Å². The highest BCUT2D eigenvalue weighted by atomic mass is 35.5. The molecule has 3 rings (SSSR count). The summed E-state index contributed by atoms with van der Waals surface area (Å²) in [4.78, 5) is 27.6. The number of halogens is 2. The van der Waals surface area contributed by atoms with E-state index in [2.05, 4.69) is 10.3 Å². The van der Waals surface area contributed by atoms with Crippen LogP contribution >= 0.6 is 23.2 Å². The van der Waals surface area contributed by atoms with Crippen molar-refractivity contribution in [2.45, 2.75) is 6.92 Å². The Morgan fingerprint density at radius 2 is 2.04 bits per heavy atom. The number of amides is 1. The zero-order valence-corrected chi connectivity index (χ0v) is 16.4. The van der Waals surface area contributed by atoms with Crippen molar-refractivity contribution in [2.75, 3.05) is 17.7 Å². The lowest BCUT2D eigenvalue weighted by Gasteiger charge is -2.04. The van der Waals surface area contributed by atoms with Crippen molar-refractivity contribution >= 4 is 63.4 Å². The summed E-state index contributed by atoms with van der Waals surface area (Å²) in [6, 6.07) is 10.0. The molecule has 0 spiro atoms. The van der Waals surface area contributed by atoms with Gasteiger partial charge in [-0.3, -0.25) is 4.79 Å². The lowest BCUT2D eigenvalue weighted by Crippen LogP contribution is -2.09. The van der Waals surface area contributed by atoms with Crippen LogP contribution in [-0.4, -0.2) is 23.5 Å². The van der Waals surface area contributed by atoms with Crippen LogP contribution in [0.25, 0.3) is 17.0 Å². The van der Waals surface area contributed by atoms with Gasteiger partial charge in [-0.1, -0.05) is 29.3 Å². The number of aromatic nitrogens is 1. The first kappa shape index (κ1) is 19.8. The maximum absolute atomic E-state index is 12.3. The summed E-state index contributed by atoms with van der Waals surface area (Å²) in [5, 5.41) is 4.05. The van der Waals surface area contributed by atoms with Gasteiger partial charge in [-0.15, -0.1) is 0 Å². The number of nitrogen functional groups attached to an aromatic ring is 1. The third-order valence-electron chi connectivity index (χ3n) is 3.89. The van der Waals surface area contributed by atoms with Crippen LogP contribution in [0.15, 0.2) is 42.5 Å². The van der Waals surface area contributed by atoms with E-state index in [9.17, 15) is 9.59 Å². The molecule has 1 amide bonds. The number of esters is 1. The summed E-state index contributed by atoms with van der Waals surface area (Å²) in [6.45, 7) is 1.92. The zero-order valence-electron chi connectivity index (χ0n) is 14.9. The van der Waals surface area contributed by atoms with Crippen LogP contribution in [0.4, 0.5) is 11.4 Å². The number of hydrogen-bond acceptors (Lipinski definition) is 4. The second-order valence-electron chi connectivity index (χ2n) is 5.89. The van der Waals surface area contributed by atoms with Crippen molar-refractivity contribution in [3.05, 3.63) is 63.8 Å². The first-order chi connectivity index (χ1) is 13.4. The quantitative estimate of drug-likeness (QED) is 0.312. The summed E-state index contributed by atoms with van der Waals surface area (Å²) in [6.07, 6.45) is 2.81. The summed E-state index contributed by atoms with van der Waals surface area (Å²) in [5.74, 6) is -0.943. The van der Waals surface area contributed by atoms with Gasteiger partial charge in [-0.05, 0) is 43.3 Å². The van der Waals surface area contributed by atoms with Gasteiger partial charge in [0.15, 0.2) is 0 Å². The largest absolute Gasteiger partial charge is 0.461 e. The van der Waals surface area contributed by atoms with Gasteiger partial charge in [0, 0.05) is 38.9 Å². The van der Waals surface area contributed by atoms with E-state index in [1.54, 1.807) is 43.3 Å². The fraction of sp³-hybridized carbons (Fsp3) is 0.100. The number of rotatable bonds is 5. The van der Waals surface area contributed by atoms with Gasteiger partial charge >= 0.3 is 5.97 Å². The Balaban J connectivity index is 1.98. The molecular weight excluding hydrogens is 401 g/mol. The summed E-state index contributed by atoms with van der Waals surface area (Å²) in [7, 11) is 0. The van der Waals surface area contributed by atoms with E-state index in [1.165, 1.54) is 12.2 Å². The molecule has 0 unspecified atom stereocenters. The van der Waals surface area contributed by atoms with Gasteiger partial charge in [0.05, 0.1) is 11.6 Å². The number of H-pyrrole nitrogens is 1. The van der Waals surface area contributed by atoms with Crippen LogP contribution in [0, 0.1) is 0 Å². The molecule has 8 heteroatoms. The number of nitrogens with two attached hydrogens (primary N) is 1. The lowest BCUT2D eigenvalue weighted by atomic mass is 10.1. The Morgan fingerprint density at radius 1 is 1.25 bits per heavy atom. The normalized spacial score (nSPS) is 11.1. The summed E-state index contributed by atoms with van der Waals surface area (Å²) in [5.41, 5.74) is 8.00. The Morgan fingerprint density at radius 3 is 2.75 bits per heavy atom. The molecule has 2 aromatic carbocycles. The molecule has 0 aliphatic heterocycles. The molecule has 144 valence electrons. The number of ether oxygens (including phenoxy) is 1. The molecule has 1 aromatic heterocycles. The van der Waals surface area contributed by atoms with E-state index in [0.29, 0.717) is 37.9 Å². The Hall–Kier alpha value is -2.96. The number of nitrogens with one attached hydrogen (secondary N) is 2. The van der Waals surface area contributed by atoms with E-state index >= 15 is 0 Å². The van der Waals surface area contributed by atoms with Crippen molar-refractivity contribution in [1.29, 1.82) is 0 Å². The molecule has 28 heavy (non-hydrogen) atoms. The van der Waals surface area contributed by atoms with E-state index < -0.39 is 5.97 Å². The standard InChI is InChI=1S/C20H17Cl2N3O3/c1-2-28-20(27)19-14(18-15(22)8-11(21)9-16(18)25-19)6-7-17(26)24-13-5-3-4-12(23)10-13/h3-10,25H,2,23H2,1H3,(H,24,26)/b7-6+. The Bertz CT molecular complexity index is 1090. The Kier molecular flexibility index (Phi) is 5.92. The average molecular weight is 418 g/mol. The van der Waals surface area contributed by atoms with Crippen LogP contribution in [-0.2, 0) is 9.53 Å². The first-order valence-corrected chi connectivity index (χ1v) is 9.17. The zero-order chi connectivity index (χ0) is 20.3. The van der Waals surface area contributed by atoms with Gasteiger partial charge in [0.25, 0.3) is 0 Å². The topological polar surface area (TPSA) is 97.2 Å². The smallest absolute Gasteiger partial charge is 0.355 e. The number of fused-ring (bicyclic) bond motifs is 1. The van der Waals surface area contributed by atoms with Crippen LogP contribution in [0.1, 0.15) is 23.0 Å². The number of carbonyl (C=O) groups is 2. The number of anilines is 2. The maximum atomic E-state index is 12.3. The van der Waals surface area contributed by atoms with Gasteiger partial charge < -0.3 is 20.8 Å². The molecule has 1 heterocycles. The first-order valence-electron chi connectivity index (χ1n) is 8.41. The van der Waals surface area contributed by atoms with Crippen molar-refractivity contribution < 1.29 is 14.3 Å². The highest BCUT2D eigenvalue weighted by Crippen LogP contribution is 2.33. The maximum Gasteiger partial charge on any atom is 0.355 e. The minimum absolute atomic E-state index is 0.189. The molecule has 0 saturated carbocycles. The highest BCUT2D eigenvalue weighted by Gasteiger charge is 2.19. The summed E-state index contributed by atoms with van der Waals surface area (Å²) >= 11 is 12.4. The molecule has 0 bridgehead atoms. The number of carbonyl (C=O) groups excluding carboxylic acids is 2. The highest BCUT2D eigenvalue weighted by molar-refractivity contribution is 6.39. The van der Waals surface area contributed by atoms with Gasteiger partial charge in [0.2, 0.25) is 5.91 Å². The van der Waals surface area contributed by atoms with Crippen LogP contribution in [0.3, 0.4) is 0 Å². The third kappa shape index (κ3) is 4.30. The SMILES string of the molecule is CCOC(=O)c1[nH]c2cc(Cl)cc(Cl)c2c1/C=C/C(=O)Nc1cccc(N)c1. The second kappa shape index (κ2) is 8.37. The molecular formula is C20H17Cl2N3O3. The van der Waals surface area contributed by atoms with Crippen LogP contribution < -0.4 is 11.1 Å². The molecule has 0 aliphatic rings. The van der Waals surface area contributed by atoms with E-state index in [1.807, 2.05) is 0 Å². The van der Waals surface area contributed by atoms with Gasteiger partial charge in [-0.2, -0.15) is 0 Å². The molecule has 3 aromatic rings. The van der Waals surface area contributed by atoms with E-state index in [4.69, 9.17) is 33.7 Å². The Labute approximate surface area is 171 Å². The van der Waals surface area contributed by atoms with E-state index in [-0.39, 0.29) is 18.2 Å². The van der Waals surface area contributed by atoms with Crippen molar-refractivity contribution in [3.63, 3.8) is 0 Å². The van der Waals surface area contributed by atoms with Crippen LogP contribution in [0.2, 0.25) is 10.0 Å². The molecule has 0 atom stereocenters. The van der Waals surface area contributed by atoms with Crippen molar-refractivity contribution in [3.8, 4) is 0 Å². The molecule has 0 fully saturated rings.